The number of rotatable bonds is 0. The molecule has 0 unspecified atom stereocenters. The average molecular weight is 184 g/mol. The molecule has 1 aliphatic heterocycles. The van der Waals surface area contributed by atoms with Crippen LogP contribution in [-0.2, 0) is 0 Å². The van der Waals surface area contributed by atoms with E-state index in [9.17, 15) is 0 Å². The van der Waals surface area contributed by atoms with Gasteiger partial charge in [-0.1, -0.05) is 32.0 Å². The van der Waals surface area contributed by atoms with Crippen LogP contribution in [0.1, 0.15) is 32.3 Å². The van der Waals surface area contributed by atoms with Gasteiger partial charge in [0.05, 0.1) is 5.69 Å². The molecule has 0 atom stereocenters. The Morgan fingerprint density at radius 1 is 1.21 bits per heavy atom. The lowest BCUT2D eigenvalue weighted by Gasteiger charge is -2.21. The van der Waals surface area contributed by atoms with Crippen LogP contribution in [0.4, 0.5) is 5.69 Å². The first-order valence-corrected chi connectivity index (χ1v) is 5.23. The van der Waals surface area contributed by atoms with Crippen molar-refractivity contribution in [2.45, 2.75) is 26.7 Å². The summed E-state index contributed by atoms with van der Waals surface area (Å²) < 4.78 is 0. The summed E-state index contributed by atoms with van der Waals surface area (Å²) in [6.07, 6.45) is 2.40. The maximum absolute atomic E-state index is 4.69. The van der Waals surface area contributed by atoms with Crippen LogP contribution in [0.25, 0.3) is 5.57 Å². The fourth-order valence-corrected chi connectivity index (χ4v) is 2.63. The number of hydrogen-bond donors (Lipinski definition) is 0. The minimum absolute atomic E-state index is 0.325. The van der Waals surface area contributed by atoms with Crippen LogP contribution in [0.2, 0.25) is 0 Å². The highest BCUT2D eigenvalue weighted by Gasteiger charge is 2.38. The summed E-state index contributed by atoms with van der Waals surface area (Å²) in [7, 11) is 0. The fourth-order valence-electron chi connectivity index (χ4n) is 2.63. The third kappa shape index (κ3) is 0.899. The van der Waals surface area contributed by atoms with E-state index in [1.807, 2.05) is 0 Å². The molecule has 1 heteroatoms. The van der Waals surface area contributed by atoms with E-state index in [-0.39, 0.29) is 0 Å². The van der Waals surface area contributed by atoms with Crippen molar-refractivity contribution >= 4 is 11.3 Å². The number of para-hydroxylation sites is 1. The van der Waals surface area contributed by atoms with E-state index in [2.05, 4.69) is 43.4 Å². The summed E-state index contributed by atoms with van der Waals surface area (Å²) in [5, 5.41) is 4.69. The maximum atomic E-state index is 4.69. The Hall–Kier alpha value is -1.24. The Balaban J connectivity index is 2.20. The highest BCUT2D eigenvalue weighted by molar-refractivity contribution is 5.85. The first-order chi connectivity index (χ1) is 6.68. The van der Waals surface area contributed by atoms with Gasteiger partial charge in [0.15, 0.2) is 0 Å². The molecule has 0 amide bonds. The molecule has 1 aromatic rings. The van der Waals surface area contributed by atoms with Gasteiger partial charge in [-0.05, 0) is 29.9 Å². The van der Waals surface area contributed by atoms with Gasteiger partial charge in [-0.25, -0.2) is 0 Å². The van der Waals surface area contributed by atoms with Gasteiger partial charge in [-0.15, -0.1) is 0 Å². The van der Waals surface area contributed by atoms with Crippen LogP contribution in [-0.4, -0.2) is 0 Å². The van der Waals surface area contributed by atoms with Gasteiger partial charge < -0.3 is 0 Å². The molecule has 3 rings (SSSR count). The molecule has 1 aliphatic carbocycles. The average Bonchev–Trinajstić information content (AvgIpc) is 2.65. The molecule has 14 heavy (non-hydrogen) atoms. The summed E-state index contributed by atoms with van der Waals surface area (Å²) in [5.74, 6) is 0. The smallest absolute Gasteiger partial charge is 0.0709 e. The Kier molecular flexibility index (Phi) is 1.40. The molecule has 1 aromatic carbocycles. The second-order valence-corrected chi connectivity index (χ2v) is 4.83. The normalized spacial score (nSPS) is 21.9. The second kappa shape index (κ2) is 2.41. The SMILES string of the molecule is CC1(C)CCC2=C1c1ccccc1[N]2. The van der Waals surface area contributed by atoms with Crippen molar-refractivity contribution in [3.05, 3.63) is 35.5 Å². The van der Waals surface area contributed by atoms with Gasteiger partial charge in [0, 0.05) is 11.3 Å². The zero-order chi connectivity index (χ0) is 9.76. The minimum Gasteiger partial charge on any atom is -0.252 e. The molecule has 1 nitrogen and oxygen atoms in total. The highest BCUT2D eigenvalue weighted by atomic mass is 14.9. The first kappa shape index (κ1) is 8.10. The predicted molar refractivity (Wildman–Crippen MR) is 58.2 cm³/mol. The van der Waals surface area contributed by atoms with E-state index in [0.717, 1.165) is 6.42 Å². The zero-order valence-electron chi connectivity index (χ0n) is 8.67. The number of nitrogens with zero attached hydrogens (tertiary/aromatic N) is 1. The van der Waals surface area contributed by atoms with Crippen molar-refractivity contribution in [1.29, 1.82) is 0 Å². The van der Waals surface area contributed by atoms with E-state index in [1.54, 1.807) is 0 Å². The predicted octanol–water partition coefficient (Wildman–Crippen LogP) is 3.47. The molecule has 0 aromatic heterocycles. The van der Waals surface area contributed by atoms with Crippen LogP contribution in [0.15, 0.2) is 30.0 Å². The molecule has 2 aliphatic rings. The van der Waals surface area contributed by atoms with Crippen molar-refractivity contribution in [2.24, 2.45) is 5.41 Å². The summed E-state index contributed by atoms with van der Waals surface area (Å²) >= 11 is 0. The van der Waals surface area contributed by atoms with Crippen LogP contribution in [0, 0.1) is 5.41 Å². The lowest BCUT2D eigenvalue weighted by molar-refractivity contribution is 0.484. The van der Waals surface area contributed by atoms with E-state index < -0.39 is 0 Å². The Labute approximate surface area is 84.8 Å². The van der Waals surface area contributed by atoms with Gasteiger partial charge in [0.2, 0.25) is 0 Å². The lowest BCUT2D eigenvalue weighted by atomic mass is 9.82. The van der Waals surface area contributed by atoms with Crippen molar-refractivity contribution in [3.63, 3.8) is 0 Å². The largest absolute Gasteiger partial charge is 0.252 e. The van der Waals surface area contributed by atoms with Crippen LogP contribution < -0.4 is 5.32 Å². The highest BCUT2D eigenvalue weighted by Crippen LogP contribution is 2.53. The molecule has 0 bridgehead atoms. The number of fused-ring (bicyclic) bond motifs is 2. The molecule has 1 heterocycles. The van der Waals surface area contributed by atoms with E-state index in [0.29, 0.717) is 5.41 Å². The molecular formula is C13H14N. The van der Waals surface area contributed by atoms with E-state index in [1.165, 1.54) is 28.9 Å². The maximum Gasteiger partial charge on any atom is 0.0709 e. The third-order valence-corrected chi connectivity index (χ3v) is 3.38. The molecular weight excluding hydrogens is 170 g/mol. The van der Waals surface area contributed by atoms with Gasteiger partial charge >= 0.3 is 0 Å². The topological polar surface area (TPSA) is 14.1 Å². The second-order valence-electron chi connectivity index (χ2n) is 4.83. The quantitative estimate of drug-likeness (QED) is 0.586. The molecule has 0 saturated carbocycles. The first-order valence-electron chi connectivity index (χ1n) is 5.23. The van der Waals surface area contributed by atoms with E-state index >= 15 is 0 Å². The molecule has 71 valence electrons. The lowest BCUT2D eigenvalue weighted by Crippen LogP contribution is -2.08. The van der Waals surface area contributed by atoms with Gasteiger partial charge in [-0.2, -0.15) is 0 Å². The standard InChI is InChI=1S/C13H14N/c1-13(2)8-7-11-12(13)9-5-3-4-6-10(9)14-11/h3-6H,7-8H2,1-2H3. The minimum atomic E-state index is 0.325. The monoisotopic (exact) mass is 184 g/mol. The molecule has 0 spiro atoms. The van der Waals surface area contributed by atoms with Gasteiger partial charge in [0.1, 0.15) is 0 Å². The summed E-state index contributed by atoms with van der Waals surface area (Å²) in [5.41, 5.74) is 5.69. The van der Waals surface area contributed by atoms with Crippen molar-refractivity contribution < 1.29 is 0 Å². The third-order valence-electron chi connectivity index (χ3n) is 3.38. The fraction of sp³-hybridized carbons (Fsp3) is 0.385. The van der Waals surface area contributed by atoms with E-state index in [4.69, 9.17) is 0 Å². The number of benzene rings is 1. The van der Waals surface area contributed by atoms with Crippen LogP contribution in [0.5, 0.6) is 0 Å². The summed E-state index contributed by atoms with van der Waals surface area (Å²) in [4.78, 5) is 0. The molecule has 0 fully saturated rings. The molecule has 1 radical (unpaired) electrons. The number of hydrogen-bond acceptors (Lipinski definition) is 0. The van der Waals surface area contributed by atoms with Gasteiger partial charge in [0.25, 0.3) is 0 Å². The van der Waals surface area contributed by atoms with Crippen molar-refractivity contribution in [2.75, 3.05) is 0 Å². The Bertz CT molecular complexity index is 427. The van der Waals surface area contributed by atoms with Crippen molar-refractivity contribution in [3.8, 4) is 0 Å². The van der Waals surface area contributed by atoms with Gasteiger partial charge in [-0.3, -0.25) is 5.32 Å². The number of allylic oxidation sites excluding steroid dienone is 2. The van der Waals surface area contributed by atoms with Crippen LogP contribution in [0.3, 0.4) is 0 Å². The molecule has 0 saturated heterocycles. The summed E-state index contributed by atoms with van der Waals surface area (Å²) in [6, 6.07) is 8.49. The summed E-state index contributed by atoms with van der Waals surface area (Å²) in [6.45, 7) is 4.65. The van der Waals surface area contributed by atoms with Crippen LogP contribution >= 0.6 is 0 Å². The zero-order valence-corrected chi connectivity index (χ0v) is 8.67. The van der Waals surface area contributed by atoms with Crippen molar-refractivity contribution in [1.82, 2.24) is 5.32 Å². The Morgan fingerprint density at radius 2 is 2.00 bits per heavy atom. The Morgan fingerprint density at radius 3 is 2.86 bits per heavy atom. The molecule has 0 N–H and O–H groups in total.